The van der Waals surface area contributed by atoms with Gasteiger partial charge in [0.2, 0.25) is 0 Å². The second-order valence-corrected chi connectivity index (χ2v) is 3.44. The zero-order chi connectivity index (χ0) is 11.8. The van der Waals surface area contributed by atoms with Crippen LogP contribution in [0.25, 0.3) is 0 Å². The van der Waals surface area contributed by atoms with Gasteiger partial charge in [-0.2, -0.15) is 0 Å². The zero-order valence-electron chi connectivity index (χ0n) is 9.17. The largest absolute Gasteiger partial charge is 0.462 e. The van der Waals surface area contributed by atoms with Gasteiger partial charge in [0.25, 0.3) is 0 Å². The van der Waals surface area contributed by atoms with Gasteiger partial charge in [-0.25, -0.2) is 4.79 Å². The Morgan fingerprint density at radius 1 is 1.20 bits per heavy atom. The van der Waals surface area contributed by atoms with Crippen molar-refractivity contribution in [1.29, 1.82) is 0 Å². The fraction of sp³-hybridized carbons (Fsp3) is 0.545. The van der Waals surface area contributed by atoms with Crippen LogP contribution in [-0.4, -0.2) is 24.1 Å². The van der Waals surface area contributed by atoms with Gasteiger partial charge in [-0.15, -0.1) is 0 Å². The third kappa shape index (κ3) is 7.61. The molecule has 0 unspecified atom stereocenters. The summed E-state index contributed by atoms with van der Waals surface area (Å²) in [6.07, 6.45) is 0.683. The van der Waals surface area contributed by atoms with E-state index in [0.717, 1.165) is 0 Å². The molecule has 0 aromatic heterocycles. The predicted molar refractivity (Wildman–Crippen MR) is 55.3 cm³/mol. The van der Waals surface area contributed by atoms with E-state index in [9.17, 15) is 14.4 Å². The molecule has 0 spiro atoms. The van der Waals surface area contributed by atoms with Crippen molar-refractivity contribution >= 4 is 17.5 Å². The van der Waals surface area contributed by atoms with Crippen LogP contribution in [0.15, 0.2) is 12.2 Å². The first kappa shape index (κ1) is 13.5. The van der Waals surface area contributed by atoms with Gasteiger partial charge in [0.15, 0.2) is 0 Å². The second kappa shape index (κ2) is 6.92. The lowest BCUT2D eigenvalue weighted by Gasteiger charge is -2.03. The summed E-state index contributed by atoms with van der Waals surface area (Å²) in [4.78, 5) is 32.5. The standard InChI is InChI=1S/C11H16O4/c1-8(2)11(14)15-6-4-5-10(13)7-9(3)12/h1,4-7H2,2-3H3. The molecule has 0 aliphatic heterocycles. The molecular weight excluding hydrogens is 196 g/mol. The Kier molecular flexibility index (Phi) is 6.25. The van der Waals surface area contributed by atoms with E-state index in [1.54, 1.807) is 6.92 Å². The normalized spacial score (nSPS) is 9.47. The van der Waals surface area contributed by atoms with Crippen molar-refractivity contribution < 1.29 is 19.1 Å². The van der Waals surface area contributed by atoms with Gasteiger partial charge in [-0.3, -0.25) is 9.59 Å². The molecule has 0 amide bonds. The lowest BCUT2D eigenvalue weighted by atomic mass is 10.1. The minimum atomic E-state index is -0.450. The van der Waals surface area contributed by atoms with E-state index in [-0.39, 0.29) is 31.0 Å². The lowest BCUT2D eigenvalue weighted by molar-refractivity contribution is -0.139. The highest BCUT2D eigenvalue weighted by molar-refractivity contribution is 5.97. The Labute approximate surface area is 89.3 Å². The first-order chi connectivity index (χ1) is 6.93. The average Bonchev–Trinajstić information content (AvgIpc) is 2.10. The predicted octanol–water partition coefficient (Wildman–Crippen LogP) is 1.43. The SMILES string of the molecule is C=C(C)C(=O)OCCCC(=O)CC(C)=O. The monoisotopic (exact) mass is 212 g/mol. The van der Waals surface area contributed by atoms with Crippen molar-refractivity contribution in [2.24, 2.45) is 0 Å². The second-order valence-electron chi connectivity index (χ2n) is 3.44. The van der Waals surface area contributed by atoms with Crippen LogP contribution in [0.3, 0.4) is 0 Å². The minimum Gasteiger partial charge on any atom is -0.462 e. The molecule has 15 heavy (non-hydrogen) atoms. The summed E-state index contributed by atoms with van der Waals surface area (Å²) in [5.74, 6) is -0.707. The first-order valence-electron chi connectivity index (χ1n) is 4.77. The Morgan fingerprint density at radius 3 is 2.27 bits per heavy atom. The number of carbonyl (C=O) groups is 3. The molecule has 84 valence electrons. The summed E-state index contributed by atoms with van der Waals surface area (Å²) in [6.45, 7) is 6.54. The molecule has 0 bridgehead atoms. The quantitative estimate of drug-likeness (QED) is 0.277. The molecule has 4 nitrogen and oxygen atoms in total. The van der Waals surface area contributed by atoms with Crippen LogP contribution in [0.2, 0.25) is 0 Å². The van der Waals surface area contributed by atoms with Crippen molar-refractivity contribution in [3.63, 3.8) is 0 Å². The molecule has 0 heterocycles. The molecular formula is C11H16O4. The van der Waals surface area contributed by atoms with Crippen LogP contribution in [0.1, 0.15) is 33.1 Å². The maximum atomic E-state index is 11.1. The summed E-state index contributed by atoms with van der Waals surface area (Å²) in [5.41, 5.74) is 0.338. The molecule has 0 fully saturated rings. The van der Waals surface area contributed by atoms with Gasteiger partial charge in [0.1, 0.15) is 11.6 Å². The highest BCUT2D eigenvalue weighted by Gasteiger charge is 2.06. The van der Waals surface area contributed by atoms with Crippen LogP contribution >= 0.6 is 0 Å². The fourth-order valence-corrected chi connectivity index (χ4v) is 0.923. The number of carbonyl (C=O) groups excluding carboxylic acids is 3. The van der Waals surface area contributed by atoms with E-state index in [1.807, 2.05) is 0 Å². The van der Waals surface area contributed by atoms with Gasteiger partial charge in [-0.1, -0.05) is 6.58 Å². The number of rotatable bonds is 7. The third-order valence-electron chi connectivity index (χ3n) is 1.63. The van der Waals surface area contributed by atoms with E-state index in [4.69, 9.17) is 4.74 Å². The van der Waals surface area contributed by atoms with E-state index in [0.29, 0.717) is 12.0 Å². The molecule has 0 radical (unpaired) electrons. The Balaban J connectivity index is 3.55. The molecule has 0 aliphatic rings. The highest BCUT2D eigenvalue weighted by atomic mass is 16.5. The Bertz CT molecular complexity index is 278. The lowest BCUT2D eigenvalue weighted by Crippen LogP contribution is -2.09. The van der Waals surface area contributed by atoms with E-state index in [2.05, 4.69) is 6.58 Å². The van der Waals surface area contributed by atoms with E-state index in [1.165, 1.54) is 6.92 Å². The van der Waals surface area contributed by atoms with Gasteiger partial charge >= 0.3 is 5.97 Å². The van der Waals surface area contributed by atoms with Crippen molar-refractivity contribution in [2.45, 2.75) is 33.1 Å². The smallest absolute Gasteiger partial charge is 0.333 e. The molecule has 0 aromatic rings. The van der Waals surface area contributed by atoms with E-state index >= 15 is 0 Å². The van der Waals surface area contributed by atoms with Crippen LogP contribution in [0, 0.1) is 0 Å². The first-order valence-corrected chi connectivity index (χ1v) is 4.77. The van der Waals surface area contributed by atoms with E-state index < -0.39 is 5.97 Å². The maximum Gasteiger partial charge on any atom is 0.333 e. The Hall–Kier alpha value is -1.45. The van der Waals surface area contributed by atoms with Crippen LogP contribution in [0.4, 0.5) is 0 Å². The van der Waals surface area contributed by atoms with Crippen LogP contribution < -0.4 is 0 Å². The molecule has 0 saturated heterocycles. The van der Waals surface area contributed by atoms with Gasteiger partial charge in [0, 0.05) is 12.0 Å². The minimum absolute atomic E-state index is 0.0333. The van der Waals surface area contributed by atoms with Gasteiger partial charge < -0.3 is 4.74 Å². The highest BCUT2D eigenvalue weighted by Crippen LogP contribution is 1.99. The number of ether oxygens (including phenoxy) is 1. The molecule has 0 rings (SSSR count). The maximum absolute atomic E-state index is 11.1. The molecule has 0 aliphatic carbocycles. The molecule has 0 saturated carbocycles. The Morgan fingerprint density at radius 2 is 1.80 bits per heavy atom. The third-order valence-corrected chi connectivity index (χ3v) is 1.63. The molecule has 0 N–H and O–H groups in total. The topological polar surface area (TPSA) is 60.4 Å². The van der Waals surface area contributed by atoms with Crippen LogP contribution in [0.5, 0.6) is 0 Å². The summed E-state index contributed by atoms with van der Waals surface area (Å²) in [6, 6.07) is 0. The fourth-order valence-electron chi connectivity index (χ4n) is 0.923. The van der Waals surface area contributed by atoms with Gasteiger partial charge in [-0.05, 0) is 20.3 Å². The zero-order valence-corrected chi connectivity index (χ0v) is 9.17. The number of hydrogen-bond acceptors (Lipinski definition) is 4. The summed E-state index contributed by atoms with van der Waals surface area (Å²) in [7, 11) is 0. The average molecular weight is 212 g/mol. The van der Waals surface area contributed by atoms with Crippen molar-refractivity contribution in [3.8, 4) is 0 Å². The number of hydrogen-bond donors (Lipinski definition) is 0. The molecule has 0 atom stereocenters. The summed E-state index contributed by atoms with van der Waals surface area (Å²) in [5, 5.41) is 0. The number of Topliss-reactive ketones (excluding diaryl/α,β-unsaturated/α-hetero) is 2. The van der Waals surface area contributed by atoms with Crippen molar-refractivity contribution in [3.05, 3.63) is 12.2 Å². The summed E-state index contributed by atoms with van der Waals surface area (Å²) < 4.78 is 4.78. The molecule has 4 heteroatoms. The number of ketones is 2. The van der Waals surface area contributed by atoms with Crippen LogP contribution in [-0.2, 0) is 19.1 Å². The molecule has 0 aromatic carbocycles. The number of esters is 1. The van der Waals surface area contributed by atoms with Crippen molar-refractivity contribution in [1.82, 2.24) is 0 Å². The van der Waals surface area contributed by atoms with Gasteiger partial charge in [0.05, 0.1) is 13.0 Å². The van der Waals surface area contributed by atoms with Crippen molar-refractivity contribution in [2.75, 3.05) is 6.61 Å². The summed E-state index contributed by atoms with van der Waals surface area (Å²) >= 11 is 0.